The molecule has 0 amide bonds. The second kappa shape index (κ2) is 17.9. The Labute approximate surface area is 282 Å². The molecule has 0 aliphatic rings. The summed E-state index contributed by atoms with van der Waals surface area (Å²) in [5.41, 5.74) is 0. The third-order valence-corrected chi connectivity index (χ3v) is 63.3. The molecule has 0 heterocycles. The fourth-order valence-corrected chi connectivity index (χ4v) is 80.8. The molecule has 1 aromatic rings. The molecule has 262 valence electrons. The van der Waals surface area contributed by atoms with Gasteiger partial charge in [-0.05, 0) is 25.7 Å². The van der Waals surface area contributed by atoms with Crippen molar-refractivity contribution in [3.05, 3.63) is 30.3 Å². The van der Waals surface area contributed by atoms with E-state index in [9.17, 15) is 0 Å². The van der Waals surface area contributed by atoms with Gasteiger partial charge in [0.25, 0.3) is 0 Å². The van der Waals surface area contributed by atoms with E-state index in [-0.39, 0.29) is 0 Å². The summed E-state index contributed by atoms with van der Waals surface area (Å²) in [6.45, 7) is 40.4. The number of hydrogen-bond donors (Lipinski definition) is 0. The van der Waals surface area contributed by atoms with Crippen LogP contribution < -0.4 is 3.58 Å². The van der Waals surface area contributed by atoms with Gasteiger partial charge < -0.3 is 4.48 Å². The number of quaternary nitrogens is 1. The fourth-order valence-electron chi connectivity index (χ4n) is 8.01. The molecular formula is C34H77F2N3Si4Sn. The van der Waals surface area contributed by atoms with Crippen LogP contribution in [0, 0.1) is 0 Å². The van der Waals surface area contributed by atoms with E-state index >= 15 is 5.73 Å². The van der Waals surface area contributed by atoms with Gasteiger partial charge in [-0.1, -0.05) is 53.4 Å². The molecule has 0 bridgehead atoms. The number of rotatable bonds is 19. The van der Waals surface area contributed by atoms with Gasteiger partial charge in [-0.15, -0.1) is 0 Å². The Bertz CT molecular complexity index is 838. The van der Waals surface area contributed by atoms with E-state index in [1.165, 1.54) is 82.0 Å². The van der Waals surface area contributed by atoms with Crippen LogP contribution in [0.3, 0.4) is 0 Å². The number of nitrogens with zero attached hydrogens (tertiary/aromatic N) is 3. The average molecular weight is 797 g/mol. The molecule has 10 heteroatoms. The Morgan fingerprint density at radius 3 is 0.955 bits per heavy atom. The zero-order valence-electron chi connectivity index (χ0n) is 32.5. The van der Waals surface area contributed by atoms with Crippen LogP contribution in [0.5, 0.6) is 0 Å². The molecule has 3 nitrogen and oxygen atoms in total. The zero-order valence-corrected chi connectivity index (χ0v) is 39.3. The monoisotopic (exact) mass is 797 g/mol. The molecule has 0 unspecified atom stereocenters. The topological polar surface area (TPSA) is 6.48 Å². The Hall–Kier alpha value is 0.626. The summed E-state index contributed by atoms with van der Waals surface area (Å²) in [6, 6.07) is 8.93. The summed E-state index contributed by atoms with van der Waals surface area (Å²) in [6.07, 6.45) is 11.1. The first-order valence-electron chi connectivity index (χ1n) is 18.0. The first-order chi connectivity index (χ1) is 19.9. The second-order valence-electron chi connectivity index (χ2n) is 17.3. The van der Waals surface area contributed by atoms with E-state index in [1.54, 1.807) is 24.3 Å². The molecule has 0 radical (unpaired) electrons. The van der Waals surface area contributed by atoms with E-state index in [4.69, 9.17) is 0 Å². The molecule has 0 fully saturated rings. The van der Waals surface area contributed by atoms with Crippen LogP contribution in [-0.2, 0) is 0 Å². The molecule has 44 heavy (non-hydrogen) atoms. The summed E-state index contributed by atoms with van der Waals surface area (Å²) >= 11 is -6.74. The van der Waals surface area contributed by atoms with Crippen molar-refractivity contribution in [3.63, 3.8) is 0 Å². The van der Waals surface area contributed by atoms with Crippen LogP contribution in [0.15, 0.2) is 30.3 Å². The Morgan fingerprint density at radius 1 is 0.500 bits per heavy atom. The van der Waals surface area contributed by atoms with Crippen LogP contribution in [0.4, 0.5) is 5.73 Å². The summed E-state index contributed by atoms with van der Waals surface area (Å²) in [5, 5.41) is 0. The summed E-state index contributed by atoms with van der Waals surface area (Å²) in [4.78, 5) is 0. The summed E-state index contributed by atoms with van der Waals surface area (Å²) in [7, 11) is -9.17. The van der Waals surface area contributed by atoms with E-state index < -0.39 is 51.6 Å². The van der Waals surface area contributed by atoms with E-state index in [2.05, 4.69) is 106 Å². The normalized spacial score (nSPS) is 14.8. The van der Waals surface area contributed by atoms with Crippen LogP contribution in [0.25, 0.3) is 0 Å². The molecule has 0 aliphatic carbocycles. The maximum atomic E-state index is 18.1. The molecular weight excluding hydrogens is 719 g/mol. The molecule has 0 spiro atoms. The minimum atomic E-state index is -6.74. The average Bonchev–Trinajstić information content (AvgIpc) is 2.85. The number of hydrogen-bond acceptors (Lipinski definition) is 2. The van der Waals surface area contributed by atoms with E-state index in [0.29, 0.717) is 3.58 Å². The second-order valence-corrected chi connectivity index (χ2v) is 51.9. The van der Waals surface area contributed by atoms with Gasteiger partial charge in [0, 0.05) is 0 Å². The predicted octanol–water partition coefficient (Wildman–Crippen LogP) is 11.2. The van der Waals surface area contributed by atoms with Crippen LogP contribution >= 0.6 is 0 Å². The van der Waals surface area contributed by atoms with Crippen molar-refractivity contribution in [1.29, 1.82) is 0 Å². The first-order valence-corrected chi connectivity index (χ1v) is 37.9. The van der Waals surface area contributed by atoms with Crippen molar-refractivity contribution in [2.75, 3.05) is 26.2 Å². The molecule has 0 aliphatic heterocycles. The molecule has 0 saturated heterocycles. The molecule has 0 N–H and O–H groups in total. The third kappa shape index (κ3) is 12.6. The Kier molecular flexibility index (Phi) is 18.1. The summed E-state index contributed by atoms with van der Waals surface area (Å²) in [5.74, 6) is 0. The molecule has 1 aromatic carbocycles. The van der Waals surface area contributed by atoms with E-state index in [0.717, 1.165) is 0 Å². The molecule has 1 rings (SSSR count). The Morgan fingerprint density at radius 2 is 0.750 bits per heavy atom. The van der Waals surface area contributed by atoms with Crippen molar-refractivity contribution in [3.8, 4) is 0 Å². The van der Waals surface area contributed by atoms with Crippen LogP contribution in [-0.4, -0.2) is 87.2 Å². The van der Waals surface area contributed by atoms with Gasteiger partial charge in [-0.3, -0.25) is 0 Å². The zero-order chi connectivity index (χ0) is 34.7. The van der Waals surface area contributed by atoms with Gasteiger partial charge in [0.15, 0.2) is 0 Å². The van der Waals surface area contributed by atoms with E-state index in [1.807, 2.05) is 11.0 Å². The SMILES string of the molecule is CCCC[N+](CCCC)(CCCC)CCCC.C[Si](C)(C)[N]([Si](C)(C)C)[Sn-]([F])([F])([c]1ccccc1)[N]([Si](C)(C)C)[Si](C)(C)C. The fraction of sp³-hybridized carbons (Fsp3) is 0.824. The standard InChI is InChI=1S/C16H36N.2C6H18NSi2.C6H5.2FH.Sn/c1-5-9-13-17(14-10-6-2,15-11-7-3)16-12-8-4;2*1-8(2,3)7-9(4,5)6;1-2-4-6-5-3-1;;;/h5-16H2,1-4H3;2*1-6H3;1-5H;2*1H;/q+1;2*-1;;;;+3/p-2. The van der Waals surface area contributed by atoms with Crippen molar-refractivity contribution in [1.82, 2.24) is 4.91 Å². The minimum absolute atomic E-state index is 0.341. The number of unbranched alkanes of at least 4 members (excludes halogenated alkanes) is 4. The maximum absolute atomic E-state index is 18.1. The Balaban J connectivity index is 0.000000938. The number of halogens is 2. The van der Waals surface area contributed by atoms with Gasteiger partial charge in [0.1, 0.15) is 0 Å². The third-order valence-electron chi connectivity index (χ3n) is 8.64. The van der Waals surface area contributed by atoms with Crippen molar-refractivity contribution >= 4 is 55.2 Å². The van der Waals surface area contributed by atoms with Crippen molar-refractivity contribution < 1.29 is 10.2 Å². The molecule has 0 aromatic heterocycles. The molecule has 0 atom stereocenters. The molecule has 0 saturated carbocycles. The number of benzene rings is 1. The predicted molar refractivity (Wildman–Crippen MR) is 210 cm³/mol. The van der Waals surface area contributed by atoms with Gasteiger partial charge in [-0.2, -0.15) is 0 Å². The van der Waals surface area contributed by atoms with Gasteiger partial charge in [0.05, 0.1) is 26.2 Å². The van der Waals surface area contributed by atoms with Crippen LogP contribution in [0.2, 0.25) is 78.6 Å². The quantitative estimate of drug-likeness (QED) is 0.102. The van der Waals surface area contributed by atoms with Crippen LogP contribution in [0.1, 0.15) is 79.1 Å². The van der Waals surface area contributed by atoms with Gasteiger partial charge in [-0.25, -0.2) is 0 Å². The van der Waals surface area contributed by atoms with Crippen molar-refractivity contribution in [2.45, 2.75) is 158 Å². The summed E-state index contributed by atoms with van der Waals surface area (Å²) < 4.78 is 41.8. The van der Waals surface area contributed by atoms with Crippen molar-refractivity contribution in [2.24, 2.45) is 0 Å². The van der Waals surface area contributed by atoms with Gasteiger partial charge >= 0.3 is 175 Å². The van der Waals surface area contributed by atoms with Gasteiger partial charge in [0.2, 0.25) is 0 Å². The first kappa shape index (κ1) is 44.6.